The summed E-state index contributed by atoms with van der Waals surface area (Å²) in [6.07, 6.45) is 3.90. The Morgan fingerprint density at radius 2 is 2.15 bits per heavy atom. The second-order valence-electron chi connectivity index (χ2n) is 5.35. The fourth-order valence-corrected chi connectivity index (χ4v) is 2.47. The molecule has 1 aliphatic carbocycles. The van der Waals surface area contributed by atoms with Gasteiger partial charge in [-0.05, 0) is 31.2 Å². The van der Waals surface area contributed by atoms with Gasteiger partial charge in [0, 0.05) is 12.6 Å². The summed E-state index contributed by atoms with van der Waals surface area (Å²) in [5.74, 6) is 0.566. The molecule has 1 fully saturated rings. The fourth-order valence-electron chi connectivity index (χ4n) is 2.47. The number of carbonyl (C=O) groups excluding carboxylic acids is 1. The number of nitrogens with one attached hydrogen (secondary N) is 1. The summed E-state index contributed by atoms with van der Waals surface area (Å²) < 4.78 is 0. The summed E-state index contributed by atoms with van der Waals surface area (Å²) >= 11 is 0. The van der Waals surface area contributed by atoms with E-state index in [1.165, 1.54) is 19.0 Å². The molecule has 1 heterocycles. The van der Waals surface area contributed by atoms with Crippen LogP contribution in [0.4, 0.5) is 0 Å². The Labute approximate surface area is 118 Å². The molecule has 1 atom stereocenters. The van der Waals surface area contributed by atoms with Gasteiger partial charge in [-0.2, -0.15) is 15.4 Å². The van der Waals surface area contributed by atoms with Gasteiger partial charge < -0.3 is 4.90 Å². The average Bonchev–Trinajstić information content (AvgIpc) is 3.19. The van der Waals surface area contributed by atoms with Crippen LogP contribution < -0.4 is 0 Å². The summed E-state index contributed by atoms with van der Waals surface area (Å²) in [4.78, 5) is 14.5. The summed E-state index contributed by atoms with van der Waals surface area (Å²) in [7, 11) is 0. The molecule has 1 aromatic heterocycles. The molecule has 0 spiro atoms. The van der Waals surface area contributed by atoms with E-state index in [1.54, 1.807) is 0 Å². The first-order chi connectivity index (χ1) is 9.75. The fraction of sp³-hybridized carbons (Fsp3) is 0.400. The maximum Gasteiger partial charge on any atom is 0.276 e. The van der Waals surface area contributed by atoms with Gasteiger partial charge in [-0.1, -0.05) is 30.3 Å². The number of hydrogen-bond donors (Lipinski definition) is 1. The van der Waals surface area contributed by atoms with Crippen LogP contribution in [-0.4, -0.2) is 32.3 Å². The van der Waals surface area contributed by atoms with Gasteiger partial charge in [0.05, 0.1) is 6.20 Å². The zero-order valence-electron chi connectivity index (χ0n) is 11.5. The van der Waals surface area contributed by atoms with Crippen molar-refractivity contribution >= 4 is 5.91 Å². The summed E-state index contributed by atoms with van der Waals surface area (Å²) in [5, 5.41) is 10.1. The minimum absolute atomic E-state index is 0.0537. The number of aromatic nitrogens is 3. The molecule has 1 aliphatic rings. The van der Waals surface area contributed by atoms with Crippen LogP contribution in [0.3, 0.4) is 0 Å². The molecule has 5 nitrogen and oxygen atoms in total. The van der Waals surface area contributed by atoms with E-state index < -0.39 is 0 Å². The smallest absolute Gasteiger partial charge is 0.276 e. The molecule has 1 saturated carbocycles. The van der Waals surface area contributed by atoms with Crippen molar-refractivity contribution in [1.29, 1.82) is 0 Å². The number of aromatic amines is 1. The lowest BCUT2D eigenvalue weighted by molar-refractivity contribution is 0.0648. The number of amides is 1. The normalized spacial score (nSPS) is 15.8. The van der Waals surface area contributed by atoms with Crippen LogP contribution in [0.15, 0.2) is 36.5 Å². The number of nitrogens with zero attached hydrogens (tertiary/aromatic N) is 3. The lowest BCUT2D eigenvalue weighted by atomic mass is 10.1. The van der Waals surface area contributed by atoms with Gasteiger partial charge in [-0.25, -0.2) is 0 Å². The average molecular weight is 270 g/mol. The zero-order valence-corrected chi connectivity index (χ0v) is 11.5. The Kier molecular flexibility index (Phi) is 3.50. The van der Waals surface area contributed by atoms with Crippen LogP contribution in [-0.2, 0) is 6.54 Å². The van der Waals surface area contributed by atoms with Crippen LogP contribution in [0.1, 0.15) is 35.8 Å². The third-order valence-electron chi connectivity index (χ3n) is 3.89. The molecule has 0 saturated heterocycles. The van der Waals surface area contributed by atoms with Gasteiger partial charge in [0.25, 0.3) is 5.91 Å². The largest absolute Gasteiger partial charge is 0.330 e. The van der Waals surface area contributed by atoms with Gasteiger partial charge in [0.1, 0.15) is 0 Å². The Morgan fingerprint density at radius 3 is 2.75 bits per heavy atom. The van der Waals surface area contributed by atoms with Crippen molar-refractivity contribution in [3.05, 3.63) is 47.8 Å². The molecular weight excluding hydrogens is 252 g/mol. The monoisotopic (exact) mass is 270 g/mol. The summed E-state index contributed by atoms with van der Waals surface area (Å²) in [6, 6.07) is 10.3. The van der Waals surface area contributed by atoms with Crippen LogP contribution in [0.25, 0.3) is 0 Å². The van der Waals surface area contributed by atoms with Crippen molar-refractivity contribution in [3.63, 3.8) is 0 Å². The molecule has 1 aromatic carbocycles. The van der Waals surface area contributed by atoms with Crippen molar-refractivity contribution in [2.24, 2.45) is 5.92 Å². The molecule has 1 N–H and O–H groups in total. The van der Waals surface area contributed by atoms with Crippen LogP contribution in [0.2, 0.25) is 0 Å². The minimum Gasteiger partial charge on any atom is -0.330 e. The van der Waals surface area contributed by atoms with Crippen molar-refractivity contribution in [2.45, 2.75) is 32.4 Å². The predicted molar refractivity (Wildman–Crippen MR) is 74.9 cm³/mol. The van der Waals surface area contributed by atoms with E-state index in [2.05, 4.69) is 22.3 Å². The molecule has 1 unspecified atom stereocenters. The molecule has 1 amide bonds. The number of rotatable bonds is 5. The first-order valence-electron chi connectivity index (χ1n) is 6.96. The van der Waals surface area contributed by atoms with Gasteiger partial charge >= 0.3 is 0 Å². The molecule has 2 aromatic rings. The van der Waals surface area contributed by atoms with Gasteiger partial charge in [0.2, 0.25) is 0 Å². The third kappa shape index (κ3) is 2.71. The Hall–Kier alpha value is -2.17. The first-order valence-corrected chi connectivity index (χ1v) is 6.96. The van der Waals surface area contributed by atoms with Gasteiger partial charge in [0.15, 0.2) is 5.69 Å². The van der Waals surface area contributed by atoms with Crippen LogP contribution in [0.5, 0.6) is 0 Å². The van der Waals surface area contributed by atoms with Crippen molar-refractivity contribution in [1.82, 2.24) is 20.3 Å². The van der Waals surface area contributed by atoms with Crippen molar-refractivity contribution in [3.8, 4) is 0 Å². The molecule has 0 bridgehead atoms. The maximum absolute atomic E-state index is 12.6. The zero-order chi connectivity index (χ0) is 13.9. The molecule has 0 aliphatic heterocycles. The first kappa shape index (κ1) is 12.8. The van der Waals surface area contributed by atoms with E-state index in [9.17, 15) is 4.79 Å². The lowest BCUT2D eigenvalue weighted by Crippen LogP contribution is -2.39. The Bertz CT molecular complexity index is 563. The Balaban J connectivity index is 1.82. The standard InChI is InChI=1S/C15H18N4O/c1-11(13-7-8-13)19(10-12-5-3-2-4-6-12)15(20)14-9-16-18-17-14/h2-6,9,11,13H,7-8,10H2,1H3,(H,16,17,18). The summed E-state index contributed by atoms with van der Waals surface area (Å²) in [5.41, 5.74) is 1.52. The molecule has 5 heteroatoms. The Morgan fingerprint density at radius 1 is 1.40 bits per heavy atom. The third-order valence-corrected chi connectivity index (χ3v) is 3.89. The van der Waals surface area contributed by atoms with E-state index in [1.807, 2.05) is 35.2 Å². The topological polar surface area (TPSA) is 61.9 Å². The number of H-pyrrole nitrogens is 1. The number of hydrogen-bond acceptors (Lipinski definition) is 3. The highest BCUT2D eigenvalue weighted by molar-refractivity contribution is 5.92. The second-order valence-corrected chi connectivity index (χ2v) is 5.35. The van der Waals surface area contributed by atoms with E-state index >= 15 is 0 Å². The highest BCUT2D eigenvalue weighted by atomic mass is 16.2. The predicted octanol–water partition coefficient (Wildman–Crippen LogP) is 2.25. The highest BCUT2D eigenvalue weighted by Gasteiger charge is 2.35. The minimum atomic E-state index is -0.0537. The summed E-state index contributed by atoms with van der Waals surface area (Å²) in [6.45, 7) is 2.74. The molecule has 3 rings (SSSR count). The number of benzene rings is 1. The molecule has 104 valence electrons. The SMILES string of the molecule is CC(C1CC1)N(Cc1ccccc1)C(=O)c1cn[nH]n1. The quantitative estimate of drug-likeness (QED) is 0.906. The molecule has 0 radical (unpaired) electrons. The van der Waals surface area contributed by atoms with E-state index in [0.717, 1.165) is 5.56 Å². The lowest BCUT2D eigenvalue weighted by Gasteiger charge is -2.28. The maximum atomic E-state index is 12.6. The van der Waals surface area contributed by atoms with Gasteiger partial charge in [-0.3, -0.25) is 4.79 Å². The highest BCUT2D eigenvalue weighted by Crippen LogP contribution is 2.36. The molecule has 20 heavy (non-hydrogen) atoms. The van der Waals surface area contributed by atoms with E-state index in [4.69, 9.17) is 0 Å². The van der Waals surface area contributed by atoms with Gasteiger partial charge in [-0.15, -0.1) is 0 Å². The second kappa shape index (κ2) is 5.45. The number of carbonyl (C=O) groups is 1. The van der Waals surface area contributed by atoms with E-state index in [0.29, 0.717) is 18.2 Å². The molecular formula is C15H18N4O. The van der Waals surface area contributed by atoms with E-state index in [-0.39, 0.29) is 11.9 Å². The van der Waals surface area contributed by atoms with Crippen molar-refractivity contribution < 1.29 is 4.79 Å². The van der Waals surface area contributed by atoms with Crippen LogP contribution in [0, 0.1) is 5.92 Å². The van der Waals surface area contributed by atoms with Crippen LogP contribution >= 0.6 is 0 Å². The van der Waals surface area contributed by atoms with Crippen molar-refractivity contribution in [2.75, 3.05) is 0 Å².